The highest BCUT2D eigenvalue weighted by Gasteiger charge is 2.22. The summed E-state index contributed by atoms with van der Waals surface area (Å²) in [6.45, 7) is 3.82. The number of carbonyl (C=O) groups excluding carboxylic acids is 1. The van der Waals surface area contributed by atoms with E-state index in [1.54, 1.807) is 29.4 Å². The third-order valence-corrected chi connectivity index (χ3v) is 3.29. The minimum absolute atomic E-state index is 0.00447. The average Bonchev–Trinajstić information content (AvgIpc) is 3.01. The molecule has 0 radical (unpaired) electrons. The predicted molar refractivity (Wildman–Crippen MR) is 72.7 cm³/mol. The summed E-state index contributed by atoms with van der Waals surface area (Å²) in [6.07, 6.45) is 6.88. The minimum Gasteiger partial charge on any atom is -0.375 e. The lowest BCUT2D eigenvalue weighted by molar-refractivity contribution is -0.0124. The fraction of sp³-hybridized carbons (Fsp3) is 0.357. The lowest BCUT2D eigenvalue weighted by Gasteiger charge is -2.31. The lowest BCUT2D eigenvalue weighted by Crippen LogP contribution is -2.44. The van der Waals surface area contributed by atoms with Crippen LogP contribution in [0.5, 0.6) is 0 Å². The Hall–Kier alpha value is -2.21. The molecule has 1 aliphatic heterocycles. The number of pyridine rings is 1. The number of carbonyl (C=O) groups is 1. The molecular weight excluding hydrogens is 256 g/mol. The summed E-state index contributed by atoms with van der Waals surface area (Å²) in [5.41, 5.74) is 0.600. The molecule has 1 unspecified atom stereocenters. The normalized spacial score (nSPS) is 19.1. The van der Waals surface area contributed by atoms with Gasteiger partial charge in [-0.25, -0.2) is 9.97 Å². The second kappa shape index (κ2) is 5.42. The Kier molecular flexibility index (Phi) is 3.47. The monoisotopic (exact) mass is 272 g/mol. The number of imidazole rings is 1. The molecule has 6 heteroatoms. The van der Waals surface area contributed by atoms with E-state index < -0.39 is 0 Å². The van der Waals surface area contributed by atoms with Gasteiger partial charge in [0.15, 0.2) is 0 Å². The number of nitrogens with zero attached hydrogens (tertiary/aromatic N) is 4. The van der Waals surface area contributed by atoms with Gasteiger partial charge in [-0.1, -0.05) is 0 Å². The smallest absolute Gasteiger partial charge is 0.255 e. The van der Waals surface area contributed by atoms with Crippen LogP contribution in [0.1, 0.15) is 17.3 Å². The Balaban J connectivity index is 1.75. The van der Waals surface area contributed by atoms with Crippen molar-refractivity contribution >= 4 is 5.91 Å². The zero-order valence-electron chi connectivity index (χ0n) is 11.3. The average molecular weight is 272 g/mol. The highest BCUT2D eigenvalue weighted by molar-refractivity contribution is 5.94. The molecule has 0 saturated carbocycles. The van der Waals surface area contributed by atoms with Gasteiger partial charge >= 0.3 is 0 Å². The van der Waals surface area contributed by atoms with E-state index in [-0.39, 0.29) is 12.0 Å². The van der Waals surface area contributed by atoms with E-state index in [0.717, 1.165) is 5.82 Å². The van der Waals surface area contributed by atoms with Crippen LogP contribution < -0.4 is 0 Å². The molecule has 3 rings (SSSR count). The first-order valence-corrected chi connectivity index (χ1v) is 6.59. The number of hydrogen-bond acceptors (Lipinski definition) is 4. The SMILES string of the molecule is CC1CN(C(=O)c2ccc(-n3ccnc3)nc2)CCO1. The van der Waals surface area contributed by atoms with Gasteiger partial charge in [-0.2, -0.15) is 0 Å². The van der Waals surface area contributed by atoms with E-state index in [1.807, 2.05) is 24.1 Å². The molecule has 1 fully saturated rings. The maximum atomic E-state index is 12.4. The Morgan fingerprint density at radius 3 is 3.00 bits per heavy atom. The number of ether oxygens (including phenoxy) is 1. The second-order valence-electron chi connectivity index (χ2n) is 4.81. The van der Waals surface area contributed by atoms with Crippen molar-refractivity contribution in [2.45, 2.75) is 13.0 Å². The van der Waals surface area contributed by atoms with Crippen molar-refractivity contribution in [1.29, 1.82) is 0 Å². The fourth-order valence-electron chi connectivity index (χ4n) is 2.25. The van der Waals surface area contributed by atoms with Crippen molar-refractivity contribution in [2.24, 2.45) is 0 Å². The van der Waals surface area contributed by atoms with Crippen LogP contribution in [0.2, 0.25) is 0 Å². The van der Waals surface area contributed by atoms with Gasteiger partial charge < -0.3 is 9.64 Å². The number of aromatic nitrogens is 3. The van der Waals surface area contributed by atoms with Crippen molar-refractivity contribution in [2.75, 3.05) is 19.7 Å². The van der Waals surface area contributed by atoms with Crippen molar-refractivity contribution in [3.63, 3.8) is 0 Å². The van der Waals surface area contributed by atoms with E-state index in [4.69, 9.17) is 4.74 Å². The Labute approximate surface area is 117 Å². The zero-order valence-corrected chi connectivity index (χ0v) is 11.3. The second-order valence-corrected chi connectivity index (χ2v) is 4.81. The Bertz CT molecular complexity index is 580. The third kappa shape index (κ3) is 2.55. The molecule has 3 heterocycles. The highest BCUT2D eigenvalue weighted by atomic mass is 16.5. The van der Waals surface area contributed by atoms with Crippen molar-refractivity contribution in [1.82, 2.24) is 19.4 Å². The van der Waals surface area contributed by atoms with E-state index in [9.17, 15) is 4.79 Å². The van der Waals surface area contributed by atoms with Gasteiger partial charge in [0.2, 0.25) is 0 Å². The minimum atomic E-state index is 0.00447. The summed E-state index contributed by atoms with van der Waals surface area (Å²) in [7, 11) is 0. The van der Waals surface area contributed by atoms with Gasteiger partial charge in [-0.3, -0.25) is 9.36 Å². The Morgan fingerprint density at radius 2 is 2.35 bits per heavy atom. The molecule has 0 spiro atoms. The zero-order chi connectivity index (χ0) is 13.9. The summed E-state index contributed by atoms with van der Waals surface area (Å²) in [5, 5.41) is 0. The first kappa shape index (κ1) is 12.8. The number of amides is 1. The molecule has 0 aliphatic carbocycles. The van der Waals surface area contributed by atoms with E-state index in [2.05, 4.69) is 9.97 Å². The maximum Gasteiger partial charge on any atom is 0.255 e. The molecule has 20 heavy (non-hydrogen) atoms. The molecule has 0 aromatic carbocycles. The summed E-state index contributed by atoms with van der Waals surface area (Å²) in [6, 6.07) is 3.61. The largest absolute Gasteiger partial charge is 0.375 e. The summed E-state index contributed by atoms with van der Waals surface area (Å²) >= 11 is 0. The van der Waals surface area contributed by atoms with Crippen LogP contribution in [-0.2, 0) is 4.74 Å². The quantitative estimate of drug-likeness (QED) is 0.822. The van der Waals surface area contributed by atoms with E-state index in [0.29, 0.717) is 25.3 Å². The topological polar surface area (TPSA) is 60.2 Å². The molecule has 1 saturated heterocycles. The summed E-state index contributed by atoms with van der Waals surface area (Å²) in [4.78, 5) is 22.4. The number of hydrogen-bond donors (Lipinski definition) is 0. The maximum absolute atomic E-state index is 12.4. The van der Waals surface area contributed by atoms with Crippen LogP contribution in [0.4, 0.5) is 0 Å². The first-order valence-electron chi connectivity index (χ1n) is 6.59. The van der Waals surface area contributed by atoms with Gasteiger partial charge in [0.25, 0.3) is 5.91 Å². The van der Waals surface area contributed by atoms with Gasteiger partial charge in [0.05, 0.1) is 18.3 Å². The summed E-state index contributed by atoms with van der Waals surface area (Å²) < 4.78 is 7.24. The predicted octanol–water partition coefficient (Wildman–Crippen LogP) is 1.13. The third-order valence-electron chi connectivity index (χ3n) is 3.29. The van der Waals surface area contributed by atoms with Crippen LogP contribution in [0.25, 0.3) is 5.82 Å². The molecular formula is C14H16N4O2. The van der Waals surface area contributed by atoms with Crippen LogP contribution in [-0.4, -0.2) is 51.1 Å². The van der Waals surface area contributed by atoms with Crippen LogP contribution >= 0.6 is 0 Å². The molecule has 0 N–H and O–H groups in total. The standard InChI is InChI=1S/C14H16N4O2/c1-11-9-17(6-7-20-11)14(19)12-2-3-13(16-8-12)18-5-4-15-10-18/h2-5,8,10-11H,6-7,9H2,1H3. The van der Waals surface area contributed by atoms with Gasteiger partial charge in [0.1, 0.15) is 12.1 Å². The molecule has 1 amide bonds. The molecule has 1 aliphatic rings. The number of morpholine rings is 1. The summed E-state index contributed by atoms with van der Waals surface area (Å²) in [5.74, 6) is 0.749. The van der Waals surface area contributed by atoms with Crippen LogP contribution in [0, 0.1) is 0 Å². The van der Waals surface area contributed by atoms with Crippen molar-refractivity contribution in [3.8, 4) is 5.82 Å². The first-order chi connectivity index (χ1) is 9.74. The van der Waals surface area contributed by atoms with E-state index in [1.165, 1.54) is 0 Å². The highest BCUT2D eigenvalue weighted by Crippen LogP contribution is 2.11. The fourth-order valence-corrected chi connectivity index (χ4v) is 2.25. The van der Waals surface area contributed by atoms with Crippen molar-refractivity contribution < 1.29 is 9.53 Å². The number of rotatable bonds is 2. The van der Waals surface area contributed by atoms with Gasteiger partial charge in [0, 0.05) is 31.7 Å². The molecule has 2 aromatic rings. The molecule has 1 atom stereocenters. The lowest BCUT2D eigenvalue weighted by atomic mass is 10.2. The molecule has 6 nitrogen and oxygen atoms in total. The molecule has 104 valence electrons. The Morgan fingerprint density at radius 1 is 1.45 bits per heavy atom. The van der Waals surface area contributed by atoms with E-state index >= 15 is 0 Å². The van der Waals surface area contributed by atoms with Crippen LogP contribution in [0.15, 0.2) is 37.1 Å². The van der Waals surface area contributed by atoms with Crippen LogP contribution in [0.3, 0.4) is 0 Å². The van der Waals surface area contributed by atoms with Gasteiger partial charge in [-0.15, -0.1) is 0 Å². The molecule has 0 bridgehead atoms. The molecule has 2 aromatic heterocycles. The van der Waals surface area contributed by atoms with Gasteiger partial charge in [-0.05, 0) is 19.1 Å². The van der Waals surface area contributed by atoms with Crippen molar-refractivity contribution in [3.05, 3.63) is 42.6 Å².